The minimum atomic E-state index is -4.20. The van der Waals surface area contributed by atoms with E-state index in [1.807, 2.05) is 67.8 Å². The predicted molar refractivity (Wildman–Crippen MR) is 143 cm³/mol. The van der Waals surface area contributed by atoms with Crippen LogP contribution in [0.5, 0.6) is 0 Å². The number of carbonyl (C=O) groups is 3. The first-order valence-electron chi connectivity index (χ1n) is 8.75. The third-order valence-electron chi connectivity index (χ3n) is 4.55. The lowest BCUT2D eigenvalue weighted by Crippen LogP contribution is -2.30. The third kappa shape index (κ3) is 7.47. The average Bonchev–Trinajstić information content (AvgIpc) is 2.68. The van der Waals surface area contributed by atoms with Gasteiger partial charge in [-0.15, -0.1) is 0 Å². The first-order chi connectivity index (χ1) is 14.3. The fourth-order valence-corrected chi connectivity index (χ4v) is 6.95. The highest BCUT2D eigenvalue weighted by Crippen LogP contribution is 2.34. The molecule has 0 unspecified atom stereocenters. The first kappa shape index (κ1) is 27.7. The summed E-state index contributed by atoms with van der Waals surface area (Å²) >= 11 is 7.96. The highest BCUT2D eigenvalue weighted by molar-refractivity contribution is 14.1. The summed E-state index contributed by atoms with van der Waals surface area (Å²) in [4.78, 5) is 36.7. The number of hydrogen-bond acceptors (Lipinski definition) is 7. The molecule has 0 aliphatic heterocycles. The van der Waals surface area contributed by atoms with Gasteiger partial charge in [-0.3, -0.25) is 9.35 Å². The lowest BCUT2D eigenvalue weighted by molar-refractivity contribution is -0.149. The van der Waals surface area contributed by atoms with Crippen LogP contribution in [0.25, 0.3) is 0 Å². The van der Waals surface area contributed by atoms with Gasteiger partial charge in [0.25, 0.3) is 10.1 Å². The van der Waals surface area contributed by atoms with Crippen LogP contribution >= 0.6 is 90.4 Å². The zero-order chi connectivity index (χ0) is 23.5. The van der Waals surface area contributed by atoms with Crippen molar-refractivity contribution in [3.63, 3.8) is 0 Å². The molecule has 0 spiro atoms. The van der Waals surface area contributed by atoms with Gasteiger partial charge >= 0.3 is 17.9 Å². The average molecular weight is 904 g/mol. The third-order valence-corrected chi connectivity index (χ3v) is 12.6. The molecule has 0 radical (unpaired) electrons. The Morgan fingerprint density at radius 3 is 1.90 bits per heavy atom. The molecule has 1 fully saturated rings. The van der Waals surface area contributed by atoms with Crippen molar-refractivity contribution in [1.29, 1.82) is 0 Å². The zero-order valence-corrected chi connectivity index (χ0v) is 25.0. The first-order valence-corrected chi connectivity index (χ1v) is 14.7. The van der Waals surface area contributed by atoms with Gasteiger partial charge in [-0.05, 0) is 116 Å². The number of aromatic carboxylic acids is 1. The second kappa shape index (κ2) is 11.7. The van der Waals surface area contributed by atoms with Crippen molar-refractivity contribution in [1.82, 2.24) is 0 Å². The van der Waals surface area contributed by atoms with Crippen molar-refractivity contribution in [3.8, 4) is 0 Å². The number of carboxylic acid groups (broad SMARTS) is 1. The molecule has 1 aliphatic carbocycles. The van der Waals surface area contributed by atoms with Gasteiger partial charge in [0, 0.05) is 14.3 Å². The monoisotopic (exact) mass is 904 g/mol. The molecule has 2 rings (SSSR count). The fourth-order valence-electron chi connectivity index (χ4n) is 3.02. The maximum absolute atomic E-state index is 12.9. The summed E-state index contributed by atoms with van der Waals surface area (Å²) in [7, 11) is -4.20. The molecule has 0 heterocycles. The van der Waals surface area contributed by atoms with Crippen molar-refractivity contribution in [2.75, 3.05) is 12.4 Å². The van der Waals surface area contributed by atoms with Gasteiger partial charge in [-0.2, -0.15) is 8.42 Å². The number of hydrogen-bond donors (Lipinski definition) is 2. The van der Waals surface area contributed by atoms with E-state index in [0.29, 0.717) is 32.8 Å². The SMILES string of the molecule is O=C(O)c1c(I)c(I)c(I)c(I)c1C(=O)OC1CCC(C(=O)OCCS(=O)(=O)O)CC1. The Hall–Kier alpha value is 0.460. The van der Waals surface area contributed by atoms with Gasteiger partial charge in [0.2, 0.25) is 0 Å². The Bertz CT molecular complexity index is 1000. The summed E-state index contributed by atoms with van der Waals surface area (Å²) < 4.78 is 43.0. The second-order valence-electron chi connectivity index (χ2n) is 6.64. The molecule has 172 valence electrons. The van der Waals surface area contributed by atoms with E-state index in [2.05, 4.69) is 22.6 Å². The van der Waals surface area contributed by atoms with E-state index in [9.17, 15) is 27.9 Å². The number of halogens is 4. The number of ether oxygens (including phenoxy) is 2. The minimum Gasteiger partial charge on any atom is -0.478 e. The van der Waals surface area contributed by atoms with E-state index in [1.54, 1.807) is 0 Å². The van der Waals surface area contributed by atoms with E-state index in [0.717, 1.165) is 7.14 Å². The van der Waals surface area contributed by atoms with Crippen molar-refractivity contribution in [2.45, 2.75) is 31.8 Å². The highest BCUT2D eigenvalue weighted by atomic mass is 127. The predicted octanol–water partition coefficient (Wildman–Crippen LogP) is 3.95. The van der Waals surface area contributed by atoms with Crippen LogP contribution in [0.3, 0.4) is 0 Å². The van der Waals surface area contributed by atoms with Crippen LogP contribution in [0.2, 0.25) is 0 Å². The van der Waals surface area contributed by atoms with Gasteiger partial charge in [-0.1, -0.05) is 0 Å². The highest BCUT2D eigenvalue weighted by Gasteiger charge is 2.33. The Kier molecular flexibility index (Phi) is 10.5. The van der Waals surface area contributed by atoms with E-state index in [4.69, 9.17) is 14.0 Å². The largest absolute Gasteiger partial charge is 0.478 e. The van der Waals surface area contributed by atoms with E-state index in [-0.39, 0.29) is 11.1 Å². The molecule has 0 bridgehead atoms. The van der Waals surface area contributed by atoms with Crippen LogP contribution in [0.15, 0.2) is 0 Å². The Morgan fingerprint density at radius 1 is 0.903 bits per heavy atom. The number of benzene rings is 1. The molecule has 1 aromatic carbocycles. The Morgan fingerprint density at radius 2 is 1.42 bits per heavy atom. The van der Waals surface area contributed by atoms with Crippen molar-refractivity contribution < 1.29 is 41.9 Å². The molecule has 14 heteroatoms. The van der Waals surface area contributed by atoms with E-state index >= 15 is 0 Å². The van der Waals surface area contributed by atoms with Crippen molar-refractivity contribution in [3.05, 3.63) is 25.4 Å². The van der Waals surface area contributed by atoms with Gasteiger partial charge in [-0.25, -0.2) is 9.59 Å². The van der Waals surface area contributed by atoms with E-state index in [1.165, 1.54) is 0 Å². The summed E-state index contributed by atoms with van der Waals surface area (Å²) in [6, 6.07) is 0. The van der Waals surface area contributed by atoms with Crippen LogP contribution < -0.4 is 0 Å². The van der Waals surface area contributed by atoms with Crippen LogP contribution in [0.1, 0.15) is 46.4 Å². The summed E-state index contributed by atoms with van der Waals surface area (Å²) in [6.45, 7) is -0.424. The molecular weight excluding hydrogens is 888 g/mol. The maximum atomic E-state index is 12.9. The number of carboxylic acids is 1. The molecular formula is C17H16I4O9S. The lowest BCUT2D eigenvalue weighted by atomic mass is 9.87. The van der Waals surface area contributed by atoms with Crippen molar-refractivity contribution in [2.24, 2.45) is 5.92 Å². The van der Waals surface area contributed by atoms with Gasteiger partial charge in [0.05, 0.1) is 17.0 Å². The molecule has 0 atom stereocenters. The normalized spacial score (nSPS) is 19.0. The van der Waals surface area contributed by atoms with Crippen LogP contribution in [-0.2, 0) is 24.4 Å². The lowest BCUT2D eigenvalue weighted by Gasteiger charge is -2.27. The zero-order valence-electron chi connectivity index (χ0n) is 15.6. The molecule has 9 nitrogen and oxygen atoms in total. The van der Waals surface area contributed by atoms with Gasteiger partial charge in [0.15, 0.2) is 0 Å². The molecule has 1 aliphatic rings. The topological polar surface area (TPSA) is 144 Å². The molecule has 2 N–H and O–H groups in total. The molecule has 0 amide bonds. The fraction of sp³-hybridized carbons (Fsp3) is 0.471. The van der Waals surface area contributed by atoms with Crippen LogP contribution in [0, 0.1) is 20.2 Å². The second-order valence-corrected chi connectivity index (χ2v) is 12.5. The summed E-state index contributed by atoms with van der Waals surface area (Å²) in [5.74, 6) is -3.60. The molecule has 31 heavy (non-hydrogen) atoms. The molecule has 1 aromatic rings. The van der Waals surface area contributed by atoms with Crippen LogP contribution in [0.4, 0.5) is 0 Å². The van der Waals surface area contributed by atoms with Crippen LogP contribution in [-0.4, -0.2) is 54.4 Å². The smallest absolute Gasteiger partial charge is 0.340 e. The number of esters is 2. The standard InChI is InChI=1S/C17H16I4O9S/c18-11-9(15(22)23)10(12(19)14(21)13(11)20)17(25)30-8-3-1-7(2-4-8)16(24)29-5-6-31(26,27)28/h7-8H,1-6H2,(H,22,23)(H,26,27,28). The summed E-state index contributed by atoms with van der Waals surface area (Å²) in [6.07, 6.45) is 1.07. The maximum Gasteiger partial charge on any atom is 0.340 e. The quantitative estimate of drug-likeness (QED) is 0.137. The summed E-state index contributed by atoms with van der Waals surface area (Å²) in [5, 5.41) is 9.63. The number of rotatable bonds is 7. The van der Waals surface area contributed by atoms with Crippen molar-refractivity contribution >= 4 is 118 Å². The summed E-state index contributed by atoms with van der Waals surface area (Å²) in [5.41, 5.74) is -0.0648. The number of carbonyl (C=O) groups excluding carboxylic acids is 2. The molecule has 0 saturated heterocycles. The van der Waals surface area contributed by atoms with E-state index < -0.39 is 52.4 Å². The van der Waals surface area contributed by atoms with Gasteiger partial charge in [0.1, 0.15) is 18.5 Å². The van der Waals surface area contributed by atoms with Gasteiger partial charge < -0.3 is 14.6 Å². The molecule has 1 saturated carbocycles. The Labute approximate surface area is 233 Å². The molecule has 0 aromatic heterocycles. The minimum absolute atomic E-state index is 0.0223. The Balaban J connectivity index is 2.03.